The maximum Gasteiger partial charge on any atom is 0.310 e. The third kappa shape index (κ3) is 3.70. The van der Waals surface area contributed by atoms with Gasteiger partial charge in [-0.1, -0.05) is 26.0 Å². The van der Waals surface area contributed by atoms with Gasteiger partial charge >= 0.3 is 5.97 Å². The van der Waals surface area contributed by atoms with Crippen LogP contribution in [0.1, 0.15) is 25.8 Å². The van der Waals surface area contributed by atoms with Crippen molar-refractivity contribution in [1.29, 1.82) is 0 Å². The van der Waals surface area contributed by atoms with Crippen LogP contribution < -0.4 is 4.90 Å². The maximum absolute atomic E-state index is 12.0. The van der Waals surface area contributed by atoms with E-state index in [1.807, 2.05) is 0 Å². The van der Waals surface area contributed by atoms with Gasteiger partial charge in [-0.2, -0.15) is 0 Å². The smallest absolute Gasteiger partial charge is 0.310 e. The molecular formula is C20H23NO5. The number of anilines is 1. The van der Waals surface area contributed by atoms with Crippen LogP contribution in [0.3, 0.4) is 0 Å². The van der Waals surface area contributed by atoms with Gasteiger partial charge in [0.2, 0.25) is 0 Å². The molecule has 138 valence electrons. The van der Waals surface area contributed by atoms with Crippen molar-refractivity contribution in [3.63, 3.8) is 0 Å². The highest BCUT2D eigenvalue weighted by molar-refractivity contribution is 6.28. The summed E-state index contributed by atoms with van der Waals surface area (Å²) in [7, 11) is 0. The summed E-state index contributed by atoms with van der Waals surface area (Å²) in [6, 6.07) is 6.77. The average Bonchev–Trinajstić information content (AvgIpc) is 2.89. The van der Waals surface area contributed by atoms with E-state index in [0.29, 0.717) is 18.2 Å². The maximum atomic E-state index is 12.0. The van der Waals surface area contributed by atoms with E-state index in [2.05, 4.69) is 13.8 Å². The Hall–Kier alpha value is -2.47. The fourth-order valence-electron chi connectivity index (χ4n) is 3.13. The number of benzene rings is 1. The largest absolute Gasteiger partial charge is 0.465 e. The van der Waals surface area contributed by atoms with E-state index in [4.69, 9.17) is 9.47 Å². The average molecular weight is 357 g/mol. The summed E-state index contributed by atoms with van der Waals surface area (Å²) < 4.78 is 10.7. The second-order valence-corrected chi connectivity index (χ2v) is 7.17. The van der Waals surface area contributed by atoms with E-state index in [-0.39, 0.29) is 29.6 Å². The molecule has 0 aliphatic carbocycles. The van der Waals surface area contributed by atoms with Crippen LogP contribution in [0, 0.1) is 11.3 Å². The Labute approximate surface area is 152 Å². The minimum absolute atomic E-state index is 0.130. The SMILES string of the molecule is CC(C)C1(CCOC(=O)Cc2ccc(N3C(=O)C=CC3=O)cc2)COC1. The lowest BCUT2D eigenvalue weighted by Gasteiger charge is -2.44. The standard InChI is InChI=1S/C20H23NO5/c1-14(2)20(12-25-13-20)9-10-26-19(24)11-15-3-5-16(6-4-15)21-17(22)7-8-18(21)23/h3-8,14H,9-13H2,1-2H3. The molecule has 0 atom stereocenters. The van der Waals surface area contributed by atoms with Crippen molar-refractivity contribution in [2.24, 2.45) is 11.3 Å². The van der Waals surface area contributed by atoms with Gasteiger partial charge < -0.3 is 9.47 Å². The molecule has 3 rings (SSSR count). The van der Waals surface area contributed by atoms with E-state index in [0.717, 1.165) is 30.1 Å². The van der Waals surface area contributed by atoms with Gasteiger partial charge in [-0.25, -0.2) is 4.90 Å². The first kappa shape index (κ1) is 18.3. The number of ether oxygens (including phenoxy) is 2. The molecule has 1 aromatic rings. The molecule has 1 aromatic carbocycles. The summed E-state index contributed by atoms with van der Waals surface area (Å²) in [5.74, 6) is -0.512. The number of hydrogen-bond acceptors (Lipinski definition) is 5. The van der Waals surface area contributed by atoms with Crippen LogP contribution in [-0.2, 0) is 30.3 Å². The highest BCUT2D eigenvalue weighted by Gasteiger charge is 2.41. The van der Waals surface area contributed by atoms with Gasteiger partial charge in [-0.05, 0) is 30.0 Å². The van der Waals surface area contributed by atoms with Crippen LogP contribution in [-0.4, -0.2) is 37.6 Å². The number of esters is 1. The highest BCUT2D eigenvalue weighted by atomic mass is 16.5. The van der Waals surface area contributed by atoms with E-state index in [1.54, 1.807) is 24.3 Å². The van der Waals surface area contributed by atoms with Crippen LogP contribution in [0.4, 0.5) is 5.69 Å². The molecule has 0 unspecified atom stereocenters. The lowest BCUT2D eigenvalue weighted by molar-refractivity contribution is -0.160. The first-order chi connectivity index (χ1) is 12.4. The van der Waals surface area contributed by atoms with Crippen molar-refractivity contribution in [1.82, 2.24) is 0 Å². The van der Waals surface area contributed by atoms with Crippen molar-refractivity contribution < 1.29 is 23.9 Å². The van der Waals surface area contributed by atoms with Gasteiger partial charge in [0.25, 0.3) is 11.8 Å². The molecule has 0 N–H and O–H groups in total. The van der Waals surface area contributed by atoms with E-state index >= 15 is 0 Å². The molecule has 0 saturated carbocycles. The second-order valence-electron chi connectivity index (χ2n) is 7.17. The summed E-state index contributed by atoms with van der Waals surface area (Å²) >= 11 is 0. The summed E-state index contributed by atoms with van der Waals surface area (Å²) in [6.45, 7) is 6.18. The van der Waals surface area contributed by atoms with Gasteiger partial charge in [0, 0.05) is 17.6 Å². The fourth-order valence-corrected chi connectivity index (χ4v) is 3.13. The van der Waals surface area contributed by atoms with Gasteiger partial charge in [-0.15, -0.1) is 0 Å². The molecule has 26 heavy (non-hydrogen) atoms. The molecule has 1 fully saturated rings. The molecule has 0 bridgehead atoms. The lowest BCUT2D eigenvalue weighted by Crippen LogP contribution is -2.47. The molecule has 6 nitrogen and oxygen atoms in total. The number of carbonyl (C=O) groups excluding carboxylic acids is 3. The number of nitrogens with zero attached hydrogens (tertiary/aromatic N) is 1. The Kier molecular flexibility index (Phi) is 5.23. The summed E-state index contributed by atoms with van der Waals surface area (Å²) in [5, 5.41) is 0. The molecule has 6 heteroatoms. The Morgan fingerprint density at radius 3 is 2.27 bits per heavy atom. The Morgan fingerprint density at radius 1 is 1.15 bits per heavy atom. The molecule has 1 saturated heterocycles. The molecular weight excluding hydrogens is 334 g/mol. The first-order valence-electron chi connectivity index (χ1n) is 8.80. The van der Waals surface area contributed by atoms with Gasteiger partial charge in [0.1, 0.15) is 0 Å². The second kappa shape index (κ2) is 7.41. The Morgan fingerprint density at radius 2 is 1.77 bits per heavy atom. The predicted molar refractivity (Wildman–Crippen MR) is 95.4 cm³/mol. The highest BCUT2D eigenvalue weighted by Crippen LogP contribution is 2.38. The molecule has 0 aromatic heterocycles. The zero-order chi connectivity index (χ0) is 18.7. The van der Waals surface area contributed by atoms with E-state index < -0.39 is 0 Å². The first-order valence-corrected chi connectivity index (χ1v) is 8.80. The van der Waals surface area contributed by atoms with Crippen molar-refractivity contribution in [2.75, 3.05) is 24.7 Å². The molecule has 0 spiro atoms. The number of carbonyl (C=O) groups is 3. The van der Waals surface area contributed by atoms with Gasteiger partial charge in [0.05, 0.1) is 31.9 Å². The normalized spacial score (nSPS) is 18.3. The monoisotopic (exact) mass is 357 g/mol. The summed E-state index contributed by atoms with van der Waals surface area (Å²) in [6.07, 6.45) is 3.45. The Balaban J connectivity index is 1.49. The summed E-state index contributed by atoms with van der Waals surface area (Å²) in [4.78, 5) is 36.4. The molecule has 2 aliphatic heterocycles. The van der Waals surface area contributed by atoms with Crippen molar-refractivity contribution in [2.45, 2.75) is 26.7 Å². The number of rotatable bonds is 7. The van der Waals surface area contributed by atoms with E-state index in [1.165, 1.54) is 12.2 Å². The number of hydrogen-bond donors (Lipinski definition) is 0. The quantitative estimate of drug-likeness (QED) is 0.553. The zero-order valence-electron chi connectivity index (χ0n) is 15.1. The van der Waals surface area contributed by atoms with Crippen molar-refractivity contribution in [3.8, 4) is 0 Å². The topological polar surface area (TPSA) is 72.9 Å². The van der Waals surface area contributed by atoms with Gasteiger partial charge in [-0.3, -0.25) is 14.4 Å². The number of imide groups is 1. The summed E-state index contributed by atoms with van der Waals surface area (Å²) in [5.41, 5.74) is 1.40. The van der Waals surface area contributed by atoms with Crippen LogP contribution >= 0.6 is 0 Å². The molecule has 2 aliphatic rings. The Bertz CT molecular complexity index is 713. The minimum Gasteiger partial charge on any atom is -0.465 e. The van der Waals surface area contributed by atoms with Gasteiger partial charge in [0.15, 0.2) is 0 Å². The van der Waals surface area contributed by atoms with Crippen LogP contribution in [0.15, 0.2) is 36.4 Å². The predicted octanol–water partition coefficient (Wildman–Crippen LogP) is 2.26. The van der Waals surface area contributed by atoms with Crippen LogP contribution in [0.5, 0.6) is 0 Å². The third-order valence-electron chi connectivity index (χ3n) is 5.22. The third-order valence-corrected chi connectivity index (χ3v) is 5.22. The minimum atomic E-state index is -0.360. The molecule has 2 heterocycles. The molecule has 0 radical (unpaired) electrons. The lowest BCUT2D eigenvalue weighted by atomic mass is 9.73. The fraction of sp³-hybridized carbons (Fsp3) is 0.450. The van der Waals surface area contributed by atoms with Crippen molar-refractivity contribution >= 4 is 23.5 Å². The van der Waals surface area contributed by atoms with Crippen LogP contribution in [0.25, 0.3) is 0 Å². The van der Waals surface area contributed by atoms with E-state index in [9.17, 15) is 14.4 Å². The van der Waals surface area contributed by atoms with Crippen molar-refractivity contribution in [3.05, 3.63) is 42.0 Å². The van der Waals surface area contributed by atoms with Crippen LogP contribution in [0.2, 0.25) is 0 Å². The number of amides is 2. The zero-order valence-corrected chi connectivity index (χ0v) is 15.1. The molecule has 2 amide bonds.